The Kier molecular flexibility index (Phi) is 10.3. The SMILES string of the molecule is CCCc1nc(COS(C)(=O)=O)c(C(=O)O)n1Cc1ccc(-c2ccccc2-c2nnnn2C(c2ccccc2)(c2ccccc2)c2ccccc2)cc1. The monoisotopic (exact) mass is 738 g/mol. The molecule has 0 fully saturated rings. The van der Waals surface area contributed by atoms with Crippen molar-refractivity contribution < 1.29 is 22.5 Å². The van der Waals surface area contributed by atoms with Crippen molar-refractivity contribution in [2.45, 2.75) is 38.5 Å². The summed E-state index contributed by atoms with van der Waals surface area (Å²) in [6, 6.07) is 46.6. The number of carbonyl (C=O) groups is 1. The van der Waals surface area contributed by atoms with Crippen LogP contribution in [-0.2, 0) is 39.4 Å². The Morgan fingerprint density at radius 2 is 1.30 bits per heavy atom. The van der Waals surface area contributed by atoms with Crippen molar-refractivity contribution in [1.29, 1.82) is 0 Å². The van der Waals surface area contributed by atoms with Crippen molar-refractivity contribution in [1.82, 2.24) is 29.8 Å². The molecule has 2 aromatic heterocycles. The van der Waals surface area contributed by atoms with Gasteiger partial charge in [-0.3, -0.25) is 4.18 Å². The van der Waals surface area contributed by atoms with Gasteiger partial charge in [-0.15, -0.1) is 5.10 Å². The fourth-order valence-corrected chi connectivity index (χ4v) is 7.35. The Labute approximate surface area is 313 Å². The molecule has 0 bridgehead atoms. The Morgan fingerprint density at radius 1 is 0.759 bits per heavy atom. The third kappa shape index (κ3) is 7.08. The molecular formula is C42H38N6O5S. The van der Waals surface area contributed by atoms with E-state index >= 15 is 0 Å². The highest BCUT2D eigenvalue weighted by atomic mass is 32.2. The van der Waals surface area contributed by atoms with Crippen LogP contribution in [-0.4, -0.2) is 55.5 Å². The third-order valence-electron chi connectivity index (χ3n) is 9.34. The van der Waals surface area contributed by atoms with E-state index in [4.69, 9.17) is 9.40 Å². The lowest BCUT2D eigenvalue weighted by Gasteiger charge is -2.36. The quantitative estimate of drug-likeness (QED) is 0.0904. The Morgan fingerprint density at radius 3 is 1.81 bits per heavy atom. The number of rotatable bonds is 14. The maximum absolute atomic E-state index is 12.4. The lowest BCUT2D eigenvalue weighted by molar-refractivity contribution is 0.0681. The summed E-state index contributed by atoms with van der Waals surface area (Å²) in [6.45, 7) is 1.73. The highest BCUT2D eigenvalue weighted by Crippen LogP contribution is 2.43. The zero-order valence-electron chi connectivity index (χ0n) is 29.8. The van der Waals surface area contributed by atoms with Gasteiger partial charge in [0.2, 0.25) is 0 Å². The van der Waals surface area contributed by atoms with Crippen LogP contribution >= 0.6 is 0 Å². The number of nitrogens with zero attached hydrogens (tertiary/aromatic N) is 6. The fraction of sp³-hybridized carbons (Fsp3) is 0.167. The van der Waals surface area contributed by atoms with Gasteiger partial charge in [-0.2, -0.15) is 8.42 Å². The van der Waals surface area contributed by atoms with Crippen molar-refractivity contribution in [2.75, 3.05) is 6.26 Å². The molecule has 0 amide bonds. The van der Waals surface area contributed by atoms with E-state index in [-0.39, 0.29) is 17.9 Å². The lowest BCUT2D eigenvalue weighted by atomic mass is 9.77. The van der Waals surface area contributed by atoms with Crippen LogP contribution in [0.3, 0.4) is 0 Å². The minimum absolute atomic E-state index is 0.0669. The van der Waals surface area contributed by atoms with Crippen LogP contribution in [0.25, 0.3) is 22.5 Å². The first-order valence-corrected chi connectivity index (χ1v) is 19.3. The standard InChI is InChI=1S/C42H38N6O5S/c1-3-15-38-43-37(29-53-54(2,51)52)39(41(49)50)47(38)28-30-24-26-31(27-25-30)35-22-13-14-23-36(35)40-44-45-46-48(40)42(32-16-7-4-8-17-32,33-18-9-5-10-19-33)34-20-11-6-12-21-34/h4-14,16-27H,3,15,28-29H2,1-2H3,(H,49,50). The van der Waals surface area contributed by atoms with E-state index in [2.05, 4.69) is 51.7 Å². The molecule has 272 valence electrons. The molecule has 0 radical (unpaired) electrons. The minimum Gasteiger partial charge on any atom is -0.477 e. The zero-order chi connectivity index (χ0) is 37.7. The normalized spacial score (nSPS) is 11.8. The zero-order valence-corrected chi connectivity index (χ0v) is 30.6. The summed E-state index contributed by atoms with van der Waals surface area (Å²) in [6.07, 6.45) is 2.15. The topological polar surface area (TPSA) is 142 Å². The number of hydrogen-bond acceptors (Lipinski definition) is 8. The minimum atomic E-state index is -3.80. The third-order valence-corrected chi connectivity index (χ3v) is 9.89. The van der Waals surface area contributed by atoms with Crippen LogP contribution in [0, 0.1) is 0 Å². The first-order valence-electron chi connectivity index (χ1n) is 17.5. The van der Waals surface area contributed by atoms with E-state index in [1.807, 2.05) is 115 Å². The van der Waals surface area contributed by atoms with Crippen molar-refractivity contribution in [3.8, 4) is 22.5 Å². The Balaban J connectivity index is 1.31. The van der Waals surface area contributed by atoms with Gasteiger partial charge >= 0.3 is 5.97 Å². The predicted octanol–water partition coefficient (Wildman–Crippen LogP) is 7.22. The first kappa shape index (κ1) is 36.1. The number of imidazole rings is 1. The highest BCUT2D eigenvalue weighted by molar-refractivity contribution is 7.85. The molecule has 0 aliphatic carbocycles. The van der Waals surface area contributed by atoms with Gasteiger partial charge in [-0.25, -0.2) is 14.5 Å². The number of hydrogen-bond donors (Lipinski definition) is 1. The molecule has 7 rings (SSSR count). The summed E-state index contributed by atoms with van der Waals surface area (Å²) in [4.78, 5) is 16.9. The average molecular weight is 739 g/mol. The van der Waals surface area contributed by atoms with Crippen molar-refractivity contribution in [3.63, 3.8) is 0 Å². The Bertz CT molecular complexity index is 2390. The summed E-state index contributed by atoms with van der Waals surface area (Å²) >= 11 is 0. The molecule has 11 nitrogen and oxygen atoms in total. The number of aromatic carboxylic acids is 1. The maximum atomic E-state index is 12.4. The molecule has 0 aliphatic rings. The van der Waals surface area contributed by atoms with Crippen LogP contribution in [0.2, 0.25) is 0 Å². The van der Waals surface area contributed by atoms with Gasteiger partial charge in [-0.1, -0.05) is 146 Å². The van der Waals surface area contributed by atoms with E-state index in [9.17, 15) is 18.3 Å². The van der Waals surface area contributed by atoms with E-state index in [1.54, 1.807) is 4.57 Å². The number of carboxylic acid groups (broad SMARTS) is 1. The second-order valence-corrected chi connectivity index (χ2v) is 14.5. The molecule has 54 heavy (non-hydrogen) atoms. The number of tetrazole rings is 1. The van der Waals surface area contributed by atoms with Gasteiger partial charge < -0.3 is 9.67 Å². The van der Waals surface area contributed by atoms with Gasteiger partial charge in [0, 0.05) is 18.5 Å². The molecular weight excluding hydrogens is 701 g/mol. The molecule has 2 heterocycles. The van der Waals surface area contributed by atoms with Gasteiger partial charge in [0.05, 0.1) is 6.26 Å². The van der Waals surface area contributed by atoms with E-state index in [0.717, 1.165) is 51.6 Å². The summed E-state index contributed by atoms with van der Waals surface area (Å²) < 4.78 is 31.8. The molecule has 0 saturated carbocycles. The summed E-state index contributed by atoms with van der Waals surface area (Å²) in [5, 5.41) is 23.8. The van der Waals surface area contributed by atoms with Gasteiger partial charge in [-0.05, 0) is 50.2 Å². The average Bonchev–Trinajstić information content (AvgIpc) is 3.81. The summed E-state index contributed by atoms with van der Waals surface area (Å²) in [5.74, 6) is -0.0939. The van der Waals surface area contributed by atoms with Gasteiger partial charge in [0.25, 0.3) is 10.1 Å². The molecule has 5 aromatic carbocycles. The number of benzene rings is 5. The van der Waals surface area contributed by atoms with Crippen LogP contribution in [0.4, 0.5) is 0 Å². The number of aromatic nitrogens is 6. The molecule has 1 N–H and O–H groups in total. The molecule has 0 unspecified atom stereocenters. The first-order chi connectivity index (χ1) is 26.2. The second-order valence-electron chi connectivity index (χ2n) is 12.9. The molecule has 0 saturated heterocycles. The maximum Gasteiger partial charge on any atom is 0.354 e. The molecule has 0 spiro atoms. The van der Waals surface area contributed by atoms with Crippen LogP contribution in [0.15, 0.2) is 140 Å². The van der Waals surface area contributed by atoms with E-state index in [0.29, 0.717) is 18.1 Å². The predicted molar refractivity (Wildman–Crippen MR) is 205 cm³/mol. The molecule has 12 heteroatoms. The number of aryl methyl sites for hydroxylation is 1. The summed E-state index contributed by atoms with van der Waals surface area (Å²) in [7, 11) is -3.80. The van der Waals surface area contributed by atoms with Gasteiger partial charge in [0.1, 0.15) is 23.7 Å². The largest absolute Gasteiger partial charge is 0.477 e. The van der Waals surface area contributed by atoms with Gasteiger partial charge in [0.15, 0.2) is 11.5 Å². The van der Waals surface area contributed by atoms with Crippen molar-refractivity contribution in [3.05, 3.63) is 179 Å². The lowest BCUT2D eigenvalue weighted by Crippen LogP contribution is -2.39. The fourth-order valence-electron chi connectivity index (χ4n) is 7.03. The van der Waals surface area contributed by atoms with Crippen LogP contribution < -0.4 is 0 Å². The number of carboxylic acids is 1. The van der Waals surface area contributed by atoms with Crippen LogP contribution in [0.1, 0.15) is 57.6 Å². The van der Waals surface area contributed by atoms with E-state index < -0.39 is 28.2 Å². The van der Waals surface area contributed by atoms with Crippen molar-refractivity contribution in [2.24, 2.45) is 0 Å². The molecule has 7 aromatic rings. The highest BCUT2D eigenvalue weighted by Gasteiger charge is 2.42. The van der Waals surface area contributed by atoms with Crippen molar-refractivity contribution >= 4 is 16.1 Å². The molecule has 0 aliphatic heterocycles. The summed E-state index contributed by atoms with van der Waals surface area (Å²) in [5.41, 5.74) is 5.51. The Hall–Kier alpha value is -6.24. The molecule has 0 atom stereocenters. The smallest absolute Gasteiger partial charge is 0.354 e. The second kappa shape index (κ2) is 15.4. The van der Waals surface area contributed by atoms with Crippen LogP contribution in [0.5, 0.6) is 0 Å². The van der Waals surface area contributed by atoms with E-state index in [1.165, 1.54) is 0 Å².